The minimum absolute atomic E-state index is 0.0741. The van der Waals surface area contributed by atoms with E-state index in [9.17, 15) is 23.1 Å². The molecule has 0 spiro atoms. The second-order valence-electron chi connectivity index (χ2n) is 9.61. The number of aromatic nitrogens is 5. The Morgan fingerprint density at radius 1 is 1.07 bits per heavy atom. The molecule has 0 aliphatic heterocycles. The van der Waals surface area contributed by atoms with Crippen LogP contribution in [0.15, 0.2) is 53.5 Å². The van der Waals surface area contributed by atoms with Crippen molar-refractivity contribution in [1.82, 2.24) is 24.7 Å². The summed E-state index contributed by atoms with van der Waals surface area (Å²) in [6, 6.07) is 10.9. The molecule has 0 amide bonds. The molecule has 1 aromatic carbocycles. The number of aryl methyl sites for hydroxylation is 2. The molecule has 212 valence electrons. The summed E-state index contributed by atoms with van der Waals surface area (Å²) < 4.78 is 47.1. The van der Waals surface area contributed by atoms with Gasteiger partial charge in [-0.3, -0.25) is 14.9 Å². The minimum Gasteiger partial charge on any atom is -0.486 e. The maximum absolute atomic E-state index is 13.3. The molecule has 4 aromatic heterocycles. The summed E-state index contributed by atoms with van der Waals surface area (Å²) in [7, 11) is 0. The first kappa shape index (κ1) is 28.3. The average molecular weight is 584 g/mol. The number of alkyl halides is 3. The molecule has 0 bridgehead atoms. The average Bonchev–Trinajstić information content (AvgIpc) is 3.28. The van der Waals surface area contributed by atoms with Gasteiger partial charge in [-0.15, -0.1) is 0 Å². The van der Waals surface area contributed by atoms with Crippen molar-refractivity contribution in [3.05, 3.63) is 104 Å². The number of aliphatic hydroxyl groups is 1. The molecule has 2 N–H and O–H groups in total. The highest BCUT2D eigenvalue weighted by molar-refractivity contribution is 6.31. The van der Waals surface area contributed by atoms with Crippen LogP contribution in [0.2, 0.25) is 5.02 Å². The number of para-hydroxylation sites is 1. The Labute approximate surface area is 237 Å². The number of hydrogen-bond acceptors (Lipinski definition) is 6. The van der Waals surface area contributed by atoms with E-state index in [0.29, 0.717) is 44.6 Å². The van der Waals surface area contributed by atoms with Gasteiger partial charge in [0.15, 0.2) is 0 Å². The molecule has 41 heavy (non-hydrogen) atoms. The summed E-state index contributed by atoms with van der Waals surface area (Å²) in [6.07, 6.45) is -3.51. The second kappa shape index (κ2) is 11.0. The molecule has 0 aliphatic carbocycles. The number of rotatable bonds is 7. The number of aliphatic hydroxyl groups excluding tert-OH is 1. The first-order valence-corrected chi connectivity index (χ1v) is 13.0. The summed E-state index contributed by atoms with van der Waals surface area (Å²) in [4.78, 5) is 21.7. The van der Waals surface area contributed by atoms with Crippen LogP contribution in [0.3, 0.4) is 0 Å². The predicted molar refractivity (Wildman–Crippen MR) is 148 cm³/mol. The molecule has 0 atom stereocenters. The molecule has 8 nitrogen and oxygen atoms in total. The van der Waals surface area contributed by atoms with E-state index in [0.717, 1.165) is 32.8 Å². The van der Waals surface area contributed by atoms with E-state index in [1.54, 1.807) is 19.1 Å². The first-order chi connectivity index (χ1) is 19.5. The van der Waals surface area contributed by atoms with E-state index in [2.05, 4.69) is 20.2 Å². The van der Waals surface area contributed by atoms with Crippen molar-refractivity contribution < 1.29 is 23.0 Å². The van der Waals surface area contributed by atoms with E-state index < -0.39 is 17.3 Å². The Balaban J connectivity index is 1.52. The molecular formula is C29H25ClF3N5O3. The fourth-order valence-electron chi connectivity index (χ4n) is 4.71. The number of ether oxygens (including phenoxy) is 1. The predicted octanol–water partition coefficient (Wildman–Crippen LogP) is 5.90. The Morgan fingerprint density at radius 3 is 2.54 bits per heavy atom. The van der Waals surface area contributed by atoms with Gasteiger partial charge in [-0.05, 0) is 51.1 Å². The topological polar surface area (TPSA) is 106 Å². The lowest BCUT2D eigenvalue weighted by atomic mass is 10.0. The van der Waals surface area contributed by atoms with Gasteiger partial charge in [-0.25, -0.2) is 4.98 Å². The van der Waals surface area contributed by atoms with E-state index in [1.807, 2.05) is 32.0 Å². The quantitative estimate of drug-likeness (QED) is 0.247. The van der Waals surface area contributed by atoms with Crippen molar-refractivity contribution in [3.63, 3.8) is 0 Å². The Hall–Kier alpha value is -4.22. The molecule has 12 heteroatoms. The number of nitrogens with zero attached hydrogens (tertiary/aromatic N) is 4. The zero-order valence-corrected chi connectivity index (χ0v) is 23.1. The third-order valence-corrected chi connectivity index (χ3v) is 7.09. The van der Waals surface area contributed by atoms with Crippen molar-refractivity contribution in [3.8, 4) is 17.0 Å². The van der Waals surface area contributed by atoms with Crippen LogP contribution in [0.4, 0.5) is 13.2 Å². The number of halogens is 4. The van der Waals surface area contributed by atoms with Crippen molar-refractivity contribution in [2.75, 3.05) is 0 Å². The molecule has 0 radical (unpaired) electrons. The monoisotopic (exact) mass is 583 g/mol. The number of benzene rings is 1. The SMILES string of the molecule is Cc1cc(Cl)c(COc2cccc3c(-c4n[nH]c(CO)c4C)cc(C)nc23)c(Cn2cccc(C(F)(F)F)c2=O)n1. The van der Waals surface area contributed by atoms with Crippen LogP contribution in [0, 0.1) is 20.8 Å². The number of hydrogen-bond donors (Lipinski definition) is 2. The second-order valence-corrected chi connectivity index (χ2v) is 10.0. The number of H-pyrrole nitrogens is 1. The molecule has 0 unspecified atom stereocenters. The fourth-order valence-corrected chi connectivity index (χ4v) is 5.03. The van der Waals surface area contributed by atoms with Gasteiger partial charge in [0, 0.05) is 39.7 Å². The van der Waals surface area contributed by atoms with Gasteiger partial charge in [0.2, 0.25) is 0 Å². The largest absolute Gasteiger partial charge is 0.486 e. The standard InChI is InChI=1S/C29H25ClF3N5O3/c1-15-10-19(26-17(3)24(13-39)36-37-26)18-6-4-8-25(27(18)35-15)41-14-20-22(30)11-16(2)34-23(20)12-38-9-5-7-21(28(38)40)29(31,32)33/h4-11,39H,12-14H2,1-3H3,(H,36,37). The summed E-state index contributed by atoms with van der Waals surface area (Å²) in [5, 5.41) is 17.9. The van der Waals surface area contributed by atoms with Gasteiger partial charge in [0.05, 0.1) is 35.3 Å². The Morgan fingerprint density at radius 2 is 1.83 bits per heavy atom. The van der Waals surface area contributed by atoms with Gasteiger partial charge in [-0.2, -0.15) is 18.3 Å². The lowest BCUT2D eigenvalue weighted by Gasteiger charge is -2.16. The fraction of sp³-hybridized carbons (Fsp3) is 0.241. The van der Waals surface area contributed by atoms with Crippen LogP contribution in [0.25, 0.3) is 22.2 Å². The smallest absolute Gasteiger partial charge is 0.421 e. The number of nitrogens with one attached hydrogen (secondary N) is 1. The van der Waals surface area contributed by atoms with Crippen molar-refractivity contribution in [1.29, 1.82) is 0 Å². The third-order valence-electron chi connectivity index (χ3n) is 6.76. The summed E-state index contributed by atoms with van der Waals surface area (Å²) >= 11 is 6.56. The summed E-state index contributed by atoms with van der Waals surface area (Å²) in [5.41, 5.74) is 3.06. The van der Waals surface area contributed by atoms with E-state index in [-0.39, 0.29) is 19.8 Å². The van der Waals surface area contributed by atoms with Crippen LogP contribution in [0.1, 0.15) is 39.5 Å². The number of fused-ring (bicyclic) bond motifs is 1. The zero-order valence-electron chi connectivity index (χ0n) is 22.3. The maximum Gasteiger partial charge on any atom is 0.421 e. The maximum atomic E-state index is 13.3. The lowest BCUT2D eigenvalue weighted by Crippen LogP contribution is -2.29. The third kappa shape index (κ3) is 5.55. The molecule has 0 saturated heterocycles. The molecule has 5 rings (SSSR count). The number of pyridine rings is 3. The molecular weight excluding hydrogens is 559 g/mol. The van der Waals surface area contributed by atoms with Crippen LogP contribution < -0.4 is 10.3 Å². The van der Waals surface area contributed by atoms with Gasteiger partial charge >= 0.3 is 6.18 Å². The molecule has 0 saturated carbocycles. The molecule has 0 aliphatic rings. The number of aromatic amines is 1. The molecule has 5 aromatic rings. The Kier molecular flexibility index (Phi) is 7.58. The molecule has 4 heterocycles. The van der Waals surface area contributed by atoms with Gasteiger partial charge < -0.3 is 14.4 Å². The summed E-state index contributed by atoms with van der Waals surface area (Å²) in [5.74, 6) is 0.446. The molecule has 0 fully saturated rings. The Bertz CT molecular complexity index is 1830. The lowest BCUT2D eigenvalue weighted by molar-refractivity contribution is -0.138. The van der Waals surface area contributed by atoms with Gasteiger partial charge in [-0.1, -0.05) is 23.7 Å². The van der Waals surface area contributed by atoms with Gasteiger partial charge in [0.25, 0.3) is 5.56 Å². The van der Waals surface area contributed by atoms with E-state index >= 15 is 0 Å². The zero-order chi connectivity index (χ0) is 29.5. The van der Waals surface area contributed by atoms with Crippen LogP contribution in [-0.4, -0.2) is 29.8 Å². The minimum atomic E-state index is -4.78. The van der Waals surface area contributed by atoms with Crippen molar-refractivity contribution >= 4 is 22.5 Å². The highest BCUT2D eigenvalue weighted by atomic mass is 35.5. The van der Waals surface area contributed by atoms with Gasteiger partial charge in [0.1, 0.15) is 23.4 Å². The van der Waals surface area contributed by atoms with Crippen LogP contribution in [0.5, 0.6) is 5.75 Å². The highest BCUT2D eigenvalue weighted by Gasteiger charge is 2.34. The van der Waals surface area contributed by atoms with E-state index in [1.165, 1.54) is 12.3 Å². The highest BCUT2D eigenvalue weighted by Crippen LogP contribution is 2.35. The van der Waals surface area contributed by atoms with Crippen molar-refractivity contribution in [2.24, 2.45) is 0 Å². The van der Waals surface area contributed by atoms with Crippen LogP contribution >= 0.6 is 11.6 Å². The van der Waals surface area contributed by atoms with E-state index in [4.69, 9.17) is 16.3 Å². The normalized spacial score (nSPS) is 11.8. The van der Waals surface area contributed by atoms with Crippen molar-refractivity contribution in [2.45, 2.75) is 46.7 Å². The summed E-state index contributed by atoms with van der Waals surface area (Å²) in [6.45, 7) is 4.94. The van der Waals surface area contributed by atoms with Crippen LogP contribution in [-0.2, 0) is 25.9 Å². The first-order valence-electron chi connectivity index (χ1n) is 12.6.